The van der Waals surface area contributed by atoms with E-state index in [4.69, 9.17) is 4.42 Å². The van der Waals surface area contributed by atoms with Crippen molar-refractivity contribution in [3.63, 3.8) is 0 Å². The molecule has 0 bridgehead atoms. The van der Waals surface area contributed by atoms with Crippen LogP contribution in [0.4, 0.5) is 5.69 Å². The third-order valence-electron chi connectivity index (χ3n) is 5.38. The van der Waals surface area contributed by atoms with Crippen LogP contribution in [0.2, 0.25) is 0 Å². The van der Waals surface area contributed by atoms with Gasteiger partial charge in [0.2, 0.25) is 5.91 Å². The molecular formula is C23H26N4O4. The maximum absolute atomic E-state index is 12.5. The van der Waals surface area contributed by atoms with Gasteiger partial charge in [-0.15, -0.1) is 0 Å². The number of rotatable bonds is 8. The largest absolute Gasteiger partial charge is 0.420 e. The zero-order chi connectivity index (χ0) is 22.0. The number of hydrogen-bond donors (Lipinski definition) is 2. The molecule has 8 heteroatoms. The molecule has 0 unspecified atom stereocenters. The fraction of sp³-hybridized carbons (Fsp3) is 0.348. The van der Waals surface area contributed by atoms with Crippen molar-refractivity contribution in [2.24, 2.45) is 0 Å². The highest BCUT2D eigenvalue weighted by molar-refractivity contribution is 5.99. The maximum atomic E-state index is 12.5. The van der Waals surface area contributed by atoms with E-state index in [0.717, 1.165) is 36.2 Å². The van der Waals surface area contributed by atoms with Crippen LogP contribution < -0.4 is 16.4 Å². The molecule has 3 aromatic rings. The first-order valence-electron chi connectivity index (χ1n) is 10.4. The van der Waals surface area contributed by atoms with Crippen molar-refractivity contribution >= 4 is 28.6 Å². The Balaban J connectivity index is 1.50. The Hall–Kier alpha value is -3.39. The maximum Gasteiger partial charge on any atom is 0.420 e. The Kier molecular flexibility index (Phi) is 5.90. The summed E-state index contributed by atoms with van der Waals surface area (Å²) in [7, 11) is 4.05. The van der Waals surface area contributed by atoms with Crippen molar-refractivity contribution in [1.29, 1.82) is 0 Å². The molecule has 0 aliphatic carbocycles. The quantitative estimate of drug-likeness (QED) is 0.543. The zero-order valence-corrected chi connectivity index (χ0v) is 17.7. The molecule has 2 N–H and O–H groups in total. The van der Waals surface area contributed by atoms with Crippen LogP contribution in [0, 0.1) is 0 Å². The number of nitrogens with one attached hydrogen (secondary N) is 2. The minimum absolute atomic E-state index is 0.0320. The van der Waals surface area contributed by atoms with Crippen molar-refractivity contribution in [2.75, 3.05) is 32.5 Å². The van der Waals surface area contributed by atoms with Crippen molar-refractivity contribution in [3.8, 4) is 0 Å². The molecule has 1 aliphatic heterocycles. The van der Waals surface area contributed by atoms with Gasteiger partial charge in [0.25, 0.3) is 5.91 Å². The van der Waals surface area contributed by atoms with Gasteiger partial charge in [-0.2, -0.15) is 0 Å². The van der Waals surface area contributed by atoms with Crippen molar-refractivity contribution in [2.45, 2.75) is 25.8 Å². The second kappa shape index (κ2) is 8.77. The molecule has 1 aliphatic rings. The lowest BCUT2D eigenvalue weighted by atomic mass is 10.1. The minimum atomic E-state index is -0.481. The third kappa shape index (κ3) is 4.69. The van der Waals surface area contributed by atoms with Gasteiger partial charge < -0.3 is 20.0 Å². The summed E-state index contributed by atoms with van der Waals surface area (Å²) in [6.45, 7) is 1.88. The van der Waals surface area contributed by atoms with Gasteiger partial charge in [0.05, 0.1) is 18.5 Å². The van der Waals surface area contributed by atoms with Gasteiger partial charge in [-0.25, -0.2) is 4.79 Å². The molecule has 2 heterocycles. The zero-order valence-electron chi connectivity index (χ0n) is 17.7. The van der Waals surface area contributed by atoms with Crippen LogP contribution in [0.25, 0.3) is 11.1 Å². The number of carbonyl (C=O) groups excluding carboxylic acids is 2. The van der Waals surface area contributed by atoms with Crippen LogP contribution >= 0.6 is 0 Å². The highest BCUT2D eigenvalue weighted by atomic mass is 16.4. The molecule has 0 spiro atoms. The number of amides is 2. The first kappa shape index (κ1) is 20.9. The standard InChI is InChI=1S/C23H26N4O4/c1-26(2)10-4-3-9-24-22(29)16-6-8-20-19(12-16)27(23(30)31-20)14-15-5-7-18-17(11-15)13-21(28)25-18/h5-8,11-12H,3-4,9-10,13-14H2,1-2H3,(H,24,29)(H,25,28). The summed E-state index contributed by atoms with van der Waals surface area (Å²) >= 11 is 0. The predicted molar refractivity (Wildman–Crippen MR) is 118 cm³/mol. The lowest BCUT2D eigenvalue weighted by Crippen LogP contribution is -2.25. The first-order valence-corrected chi connectivity index (χ1v) is 10.4. The Morgan fingerprint density at radius 1 is 1.16 bits per heavy atom. The second-order valence-corrected chi connectivity index (χ2v) is 8.12. The Morgan fingerprint density at radius 3 is 2.81 bits per heavy atom. The molecule has 2 amide bonds. The number of unbranched alkanes of at least 4 members (excludes halogenated alkanes) is 1. The van der Waals surface area contributed by atoms with Gasteiger partial charge in [-0.1, -0.05) is 12.1 Å². The number of fused-ring (bicyclic) bond motifs is 2. The van der Waals surface area contributed by atoms with Gasteiger partial charge in [-0.3, -0.25) is 14.2 Å². The van der Waals surface area contributed by atoms with E-state index in [9.17, 15) is 14.4 Å². The number of aromatic nitrogens is 1. The van der Waals surface area contributed by atoms with Crippen LogP contribution in [-0.4, -0.2) is 48.5 Å². The van der Waals surface area contributed by atoms with Gasteiger partial charge in [0, 0.05) is 17.8 Å². The highest BCUT2D eigenvalue weighted by Gasteiger charge is 2.18. The summed E-state index contributed by atoms with van der Waals surface area (Å²) in [4.78, 5) is 38.7. The van der Waals surface area contributed by atoms with E-state index in [-0.39, 0.29) is 11.8 Å². The lowest BCUT2D eigenvalue weighted by molar-refractivity contribution is -0.115. The molecule has 162 valence electrons. The molecule has 31 heavy (non-hydrogen) atoms. The summed E-state index contributed by atoms with van der Waals surface area (Å²) in [5, 5.41) is 5.73. The van der Waals surface area contributed by atoms with E-state index in [2.05, 4.69) is 15.5 Å². The number of benzene rings is 2. The lowest BCUT2D eigenvalue weighted by Gasteiger charge is -2.09. The Labute approximate surface area is 179 Å². The summed E-state index contributed by atoms with van der Waals surface area (Å²) in [6.07, 6.45) is 2.25. The smallest absolute Gasteiger partial charge is 0.408 e. The monoisotopic (exact) mass is 422 g/mol. The molecule has 4 rings (SSSR count). The fourth-order valence-corrected chi connectivity index (χ4v) is 3.77. The Morgan fingerprint density at radius 2 is 2.00 bits per heavy atom. The van der Waals surface area contributed by atoms with Gasteiger partial charge >= 0.3 is 5.76 Å². The van der Waals surface area contributed by atoms with E-state index in [1.807, 2.05) is 32.3 Å². The number of nitrogens with zero attached hydrogens (tertiary/aromatic N) is 2. The van der Waals surface area contributed by atoms with Crippen LogP contribution in [0.15, 0.2) is 45.6 Å². The predicted octanol–water partition coefficient (Wildman–Crippen LogP) is 2.21. The van der Waals surface area contributed by atoms with E-state index >= 15 is 0 Å². The number of oxazole rings is 1. The minimum Gasteiger partial charge on any atom is -0.408 e. The molecule has 1 aromatic heterocycles. The van der Waals surface area contributed by atoms with Crippen molar-refractivity contribution < 1.29 is 14.0 Å². The molecular weight excluding hydrogens is 396 g/mol. The van der Waals surface area contributed by atoms with Crippen LogP contribution in [0.3, 0.4) is 0 Å². The SMILES string of the molecule is CN(C)CCCCNC(=O)c1ccc2oc(=O)n(Cc3ccc4c(c3)CC(=O)N4)c2c1. The van der Waals surface area contributed by atoms with Crippen LogP contribution in [-0.2, 0) is 17.8 Å². The number of hydrogen-bond acceptors (Lipinski definition) is 5. The summed E-state index contributed by atoms with van der Waals surface area (Å²) < 4.78 is 6.86. The molecule has 0 radical (unpaired) electrons. The highest BCUT2D eigenvalue weighted by Crippen LogP contribution is 2.25. The molecule has 8 nitrogen and oxygen atoms in total. The van der Waals surface area contributed by atoms with Gasteiger partial charge in [0.1, 0.15) is 0 Å². The summed E-state index contributed by atoms with van der Waals surface area (Å²) in [5.41, 5.74) is 4.10. The Bertz CT molecular complexity index is 1190. The molecule has 0 saturated carbocycles. The third-order valence-corrected chi connectivity index (χ3v) is 5.38. The van der Waals surface area contributed by atoms with Crippen molar-refractivity contribution in [1.82, 2.24) is 14.8 Å². The molecule has 2 aromatic carbocycles. The molecule has 0 fully saturated rings. The summed E-state index contributed by atoms with van der Waals surface area (Å²) in [5.74, 6) is -0.685. The normalized spacial score (nSPS) is 12.9. The van der Waals surface area contributed by atoms with E-state index in [1.165, 1.54) is 4.57 Å². The van der Waals surface area contributed by atoms with Crippen LogP contribution in [0.5, 0.6) is 0 Å². The topological polar surface area (TPSA) is 96.6 Å². The first-order chi connectivity index (χ1) is 14.9. The van der Waals surface area contributed by atoms with Crippen LogP contribution in [0.1, 0.15) is 34.3 Å². The van der Waals surface area contributed by atoms with E-state index in [0.29, 0.717) is 36.2 Å². The van der Waals surface area contributed by atoms with Gasteiger partial charge in [0.15, 0.2) is 5.58 Å². The van der Waals surface area contributed by atoms with Crippen molar-refractivity contribution in [3.05, 3.63) is 63.6 Å². The fourth-order valence-electron chi connectivity index (χ4n) is 3.77. The average molecular weight is 422 g/mol. The van der Waals surface area contributed by atoms with E-state index < -0.39 is 5.76 Å². The van der Waals surface area contributed by atoms with Gasteiger partial charge in [-0.05, 0) is 68.9 Å². The van der Waals surface area contributed by atoms with E-state index in [1.54, 1.807) is 18.2 Å². The summed E-state index contributed by atoms with van der Waals surface area (Å²) in [6, 6.07) is 10.6. The average Bonchev–Trinajstić information content (AvgIpc) is 3.25. The number of carbonyl (C=O) groups is 2. The molecule has 0 atom stereocenters. The molecule has 0 saturated heterocycles. The number of anilines is 1. The second-order valence-electron chi connectivity index (χ2n) is 8.12.